The van der Waals surface area contributed by atoms with Crippen molar-refractivity contribution in [2.75, 3.05) is 33.9 Å². The van der Waals surface area contributed by atoms with Gasteiger partial charge in [0.15, 0.2) is 17.6 Å². The van der Waals surface area contributed by atoms with E-state index in [0.717, 1.165) is 43.4 Å². The highest BCUT2D eigenvalue weighted by Crippen LogP contribution is 2.35. The number of likely N-dealkylation sites (tertiary alicyclic amines) is 1. The maximum Gasteiger partial charge on any atom is 0.411 e. The largest absolute Gasteiger partial charge is 0.493 e. The monoisotopic (exact) mass is 579 g/mol. The first-order valence-electron chi connectivity index (χ1n) is 14.6. The quantitative estimate of drug-likeness (QED) is 0.253. The molecule has 2 aliphatic rings. The number of carbonyl (C=O) groups excluding carboxylic acids is 1. The highest BCUT2D eigenvalue weighted by molar-refractivity contribution is 5.69. The predicted molar refractivity (Wildman–Crippen MR) is 163 cm³/mol. The Kier molecular flexibility index (Phi) is 9.71. The standard InChI is InChI=1S/C35H37N3O5/c1-4-31(26-9-6-5-7-10-26)43-35(39)37-23-28-16-17-29(24-37)38(28)20-8-11-32(27-14-12-25(22-36)13-15-27)42-30-18-19-33(40-2)34(21-30)41-3/h1,5-7,9-10,12-15,18-19,21,28-29,31-32H,8,11,16-17,20,23-24H2,2-3H3. The summed E-state index contributed by atoms with van der Waals surface area (Å²) in [6, 6.07) is 25.3. The molecule has 8 heteroatoms. The van der Waals surface area contributed by atoms with Gasteiger partial charge in [0, 0.05) is 36.8 Å². The summed E-state index contributed by atoms with van der Waals surface area (Å²) in [5.41, 5.74) is 2.41. The molecular formula is C35H37N3O5. The van der Waals surface area contributed by atoms with E-state index in [1.807, 2.05) is 77.7 Å². The van der Waals surface area contributed by atoms with E-state index >= 15 is 0 Å². The maximum absolute atomic E-state index is 13.1. The molecule has 4 unspecified atom stereocenters. The lowest BCUT2D eigenvalue weighted by molar-refractivity contribution is 0.0345. The van der Waals surface area contributed by atoms with E-state index in [2.05, 4.69) is 16.9 Å². The Balaban J connectivity index is 1.20. The number of hydrogen-bond acceptors (Lipinski definition) is 7. The second kappa shape index (κ2) is 14.0. The number of piperazine rings is 1. The Bertz CT molecular complexity index is 1450. The molecule has 8 nitrogen and oxygen atoms in total. The molecule has 2 aliphatic heterocycles. The van der Waals surface area contributed by atoms with Gasteiger partial charge < -0.3 is 23.8 Å². The molecule has 2 bridgehead atoms. The van der Waals surface area contributed by atoms with Gasteiger partial charge in [-0.05, 0) is 62.1 Å². The van der Waals surface area contributed by atoms with Crippen molar-refractivity contribution in [2.24, 2.45) is 0 Å². The summed E-state index contributed by atoms with van der Waals surface area (Å²) < 4.78 is 23.1. The summed E-state index contributed by atoms with van der Waals surface area (Å²) in [4.78, 5) is 17.4. The van der Waals surface area contributed by atoms with Crippen LogP contribution in [0.5, 0.6) is 17.2 Å². The fraction of sp³-hybridized carbons (Fsp3) is 0.371. The molecule has 2 saturated heterocycles. The number of nitrogens with zero attached hydrogens (tertiary/aromatic N) is 3. The lowest BCUT2D eigenvalue weighted by Gasteiger charge is -2.41. The first-order chi connectivity index (χ1) is 21.0. The molecular weight excluding hydrogens is 542 g/mol. The number of amides is 1. The molecule has 3 aromatic rings. The molecule has 1 amide bonds. The second-order valence-corrected chi connectivity index (χ2v) is 10.9. The topological polar surface area (TPSA) is 84.3 Å². The molecule has 5 rings (SSSR count). The number of benzene rings is 3. The number of carbonyl (C=O) groups is 1. The number of fused-ring (bicyclic) bond motifs is 2. The van der Waals surface area contributed by atoms with Crippen molar-refractivity contribution in [3.8, 4) is 35.7 Å². The molecule has 0 N–H and O–H groups in total. The first kappa shape index (κ1) is 29.8. The van der Waals surface area contributed by atoms with E-state index in [-0.39, 0.29) is 24.3 Å². The molecule has 2 fully saturated rings. The van der Waals surface area contributed by atoms with Gasteiger partial charge in [-0.15, -0.1) is 6.42 Å². The van der Waals surface area contributed by atoms with Gasteiger partial charge in [-0.3, -0.25) is 4.90 Å². The van der Waals surface area contributed by atoms with Crippen LogP contribution in [0.3, 0.4) is 0 Å². The lowest BCUT2D eigenvalue weighted by Crippen LogP contribution is -2.55. The highest BCUT2D eigenvalue weighted by Gasteiger charge is 2.41. The smallest absolute Gasteiger partial charge is 0.411 e. The van der Waals surface area contributed by atoms with Crippen LogP contribution in [0.1, 0.15) is 54.6 Å². The van der Waals surface area contributed by atoms with E-state index in [1.54, 1.807) is 14.2 Å². The molecule has 0 aromatic heterocycles. The van der Waals surface area contributed by atoms with Crippen molar-refractivity contribution in [3.63, 3.8) is 0 Å². The maximum atomic E-state index is 13.1. The van der Waals surface area contributed by atoms with Crippen molar-refractivity contribution < 1.29 is 23.7 Å². The first-order valence-corrected chi connectivity index (χ1v) is 14.6. The van der Waals surface area contributed by atoms with Crippen LogP contribution < -0.4 is 14.2 Å². The van der Waals surface area contributed by atoms with Crippen LogP contribution in [0.15, 0.2) is 72.8 Å². The predicted octanol–water partition coefficient (Wildman–Crippen LogP) is 6.14. The summed E-state index contributed by atoms with van der Waals surface area (Å²) in [7, 11) is 3.21. The van der Waals surface area contributed by atoms with Crippen LogP contribution in [0.4, 0.5) is 4.79 Å². The number of methoxy groups -OCH3 is 2. The minimum absolute atomic E-state index is 0.210. The van der Waals surface area contributed by atoms with E-state index < -0.39 is 6.10 Å². The molecule has 0 saturated carbocycles. The number of rotatable bonds is 11. The van der Waals surface area contributed by atoms with Crippen LogP contribution in [-0.4, -0.2) is 61.8 Å². The average Bonchev–Trinajstić information content (AvgIpc) is 3.28. The normalized spacial score (nSPS) is 19.0. The van der Waals surface area contributed by atoms with E-state index in [9.17, 15) is 10.1 Å². The van der Waals surface area contributed by atoms with Crippen LogP contribution in [0, 0.1) is 23.7 Å². The molecule has 0 spiro atoms. The number of terminal acetylenes is 1. The van der Waals surface area contributed by atoms with Gasteiger partial charge >= 0.3 is 6.09 Å². The van der Waals surface area contributed by atoms with Crippen molar-refractivity contribution >= 4 is 6.09 Å². The molecule has 4 atom stereocenters. The van der Waals surface area contributed by atoms with Gasteiger partial charge in [0.1, 0.15) is 11.9 Å². The van der Waals surface area contributed by atoms with E-state index in [1.165, 1.54) is 0 Å². The molecule has 3 aromatic carbocycles. The zero-order chi connectivity index (χ0) is 30.2. The second-order valence-electron chi connectivity index (χ2n) is 10.9. The third-order valence-corrected chi connectivity index (χ3v) is 8.29. The van der Waals surface area contributed by atoms with Crippen LogP contribution in [0.2, 0.25) is 0 Å². The summed E-state index contributed by atoms with van der Waals surface area (Å²) >= 11 is 0. The zero-order valence-corrected chi connectivity index (χ0v) is 24.6. The summed E-state index contributed by atoms with van der Waals surface area (Å²) in [6.07, 6.45) is 8.21. The average molecular weight is 580 g/mol. The number of hydrogen-bond donors (Lipinski definition) is 0. The third-order valence-electron chi connectivity index (χ3n) is 8.29. The Morgan fingerprint density at radius 1 is 0.953 bits per heavy atom. The van der Waals surface area contributed by atoms with Gasteiger partial charge in [-0.25, -0.2) is 4.79 Å². The van der Waals surface area contributed by atoms with Gasteiger partial charge in [-0.1, -0.05) is 48.4 Å². The van der Waals surface area contributed by atoms with E-state index in [4.69, 9.17) is 25.4 Å². The highest BCUT2D eigenvalue weighted by atomic mass is 16.6. The van der Waals surface area contributed by atoms with E-state index in [0.29, 0.717) is 35.9 Å². The van der Waals surface area contributed by atoms with Crippen molar-refractivity contribution in [2.45, 2.75) is 50.0 Å². The minimum atomic E-state index is -0.700. The van der Waals surface area contributed by atoms with Gasteiger partial charge in [-0.2, -0.15) is 5.26 Å². The van der Waals surface area contributed by atoms with Crippen molar-refractivity contribution in [1.82, 2.24) is 9.80 Å². The fourth-order valence-electron chi connectivity index (χ4n) is 6.09. The third kappa shape index (κ3) is 7.05. The Hall–Kier alpha value is -4.66. The summed E-state index contributed by atoms with van der Waals surface area (Å²) in [6.45, 7) is 2.16. The van der Waals surface area contributed by atoms with Crippen molar-refractivity contribution in [1.29, 1.82) is 5.26 Å². The Labute approximate surface area is 253 Å². The van der Waals surface area contributed by atoms with Gasteiger partial charge in [0.25, 0.3) is 0 Å². The number of nitriles is 1. The van der Waals surface area contributed by atoms with Gasteiger partial charge in [0.05, 0.1) is 25.9 Å². The Morgan fingerprint density at radius 3 is 2.28 bits per heavy atom. The van der Waals surface area contributed by atoms with Gasteiger partial charge in [0.2, 0.25) is 0 Å². The lowest BCUT2D eigenvalue weighted by atomic mass is 10.0. The zero-order valence-electron chi connectivity index (χ0n) is 24.6. The molecule has 2 heterocycles. The fourth-order valence-corrected chi connectivity index (χ4v) is 6.09. The van der Waals surface area contributed by atoms with Crippen LogP contribution >= 0.6 is 0 Å². The molecule has 0 aliphatic carbocycles. The minimum Gasteiger partial charge on any atom is -0.493 e. The summed E-state index contributed by atoms with van der Waals surface area (Å²) in [5.74, 6) is 4.52. The molecule has 222 valence electrons. The van der Waals surface area contributed by atoms with Crippen LogP contribution in [0.25, 0.3) is 0 Å². The summed E-state index contributed by atoms with van der Waals surface area (Å²) in [5, 5.41) is 9.26. The van der Waals surface area contributed by atoms with Crippen molar-refractivity contribution in [3.05, 3.63) is 89.5 Å². The SMILES string of the molecule is C#CC(OC(=O)N1CC2CCC(C1)N2CCCC(Oc1ccc(OC)c(OC)c1)c1ccc(C#N)cc1)c1ccccc1. The molecule has 0 radical (unpaired) electrons. The van der Waals surface area contributed by atoms with Crippen LogP contribution in [-0.2, 0) is 4.74 Å². The molecule has 43 heavy (non-hydrogen) atoms. The Morgan fingerprint density at radius 2 is 1.65 bits per heavy atom. The number of ether oxygens (including phenoxy) is 4.